The van der Waals surface area contributed by atoms with Gasteiger partial charge in [0.05, 0.1) is 44.1 Å². The van der Waals surface area contributed by atoms with Crippen LogP contribution in [0.1, 0.15) is 39.3 Å². The summed E-state index contributed by atoms with van der Waals surface area (Å²) in [6.07, 6.45) is -1.26. The first-order valence-electron chi connectivity index (χ1n) is 6.57. The standard InChI is InChI=1S/C15H16O8/c1-5(16)6-9(17)7-8(10(18)13(6)21-2)12(20)15(23-4)14(22-3)11(7)19/h5,16-18H,1-4H3. The highest BCUT2D eigenvalue weighted by molar-refractivity contribution is 6.28. The van der Waals surface area contributed by atoms with Crippen LogP contribution in [0.3, 0.4) is 0 Å². The number of Topliss-reactive ketones (excluding diaryl/α,β-unsaturated/α-hetero) is 2. The number of methoxy groups -OCH3 is 3. The second-order valence-corrected chi connectivity index (χ2v) is 4.79. The summed E-state index contributed by atoms with van der Waals surface area (Å²) in [4.78, 5) is 25.0. The van der Waals surface area contributed by atoms with Crippen molar-refractivity contribution < 1.29 is 39.1 Å². The molecule has 8 heteroatoms. The number of ether oxygens (including phenoxy) is 3. The molecule has 0 aromatic heterocycles. The van der Waals surface area contributed by atoms with E-state index in [2.05, 4.69) is 0 Å². The van der Waals surface area contributed by atoms with Crippen LogP contribution in [-0.2, 0) is 9.47 Å². The van der Waals surface area contributed by atoms with E-state index in [0.717, 1.165) is 0 Å². The molecule has 0 heterocycles. The zero-order chi connectivity index (χ0) is 17.5. The number of allylic oxidation sites excluding steroid dienone is 2. The highest BCUT2D eigenvalue weighted by Gasteiger charge is 2.42. The molecule has 23 heavy (non-hydrogen) atoms. The van der Waals surface area contributed by atoms with Gasteiger partial charge in [-0.1, -0.05) is 0 Å². The van der Waals surface area contributed by atoms with Crippen LogP contribution >= 0.6 is 0 Å². The summed E-state index contributed by atoms with van der Waals surface area (Å²) in [5.41, 5.74) is -1.14. The average Bonchev–Trinajstić information content (AvgIpc) is 2.51. The minimum absolute atomic E-state index is 0.207. The quantitative estimate of drug-likeness (QED) is 0.702. The van der Waals surface area contributed by atoms with Crippen LogP contribution in [0.4, 0.5) is 0 Å². The number of ketones is 2. The fraction of sp³-hybridized carbons (Fsp3) is 0.333. The second-order valence-electron chi connectivity index (χ2n) is 4.79. The maximum atomic E-state index is 12.5. The summed E-state index contributed by atoms with van der Waals surface area (Å²) in [6, 6.07) is 0. The molecule has 3 N–H and O–H groups in total. The van der Waals surface area contributed by atoms with Crippen LogP contribution in [-0.4, -0.2) is 48.2 Å². The van der Waals surface area contributed by atoms with Crippen molar-refractivity contribution in [3.63, 3.8) is 0 Å². The predicted molar refractivity (Wildman–Crippen MR) is 76.7 cm³/mol. The van der Waals surface area contributed by atoms with E-state index in [1.807, 2.05) is 0 Å². The Morgan fingerprint density at radius 1 is 0.826 bits per heavy atom. The van der Waals surface area contributed by atoms with Gasteiger partial charge in [-0.25, -0.2) is 0 Å². The molecular weight excluding hydrogens is 308 g/mol. The molecule has 0 amide bonds. The SMILES string of the molecule is COC1=C(OC)C(=O)c2c(O)c(C(C)O)c(OC)c(O)c2C1=O. The van der Waals surface area contributed by atoms with Gasteiger partial charge in [0.2, 0.25) is 23.1 Å². The predicted octanol–water partition coefficient (Wildman–Crippen LogP) is 1.04. The van der Waals surface area contributed by atoms with E-state index in [0.29, 0.717) is 0 Å². The van der Waals surface area contributed by atoms with Crippen molar-refractivity contribution >= 4 is 11.6 Å². The van der Waals surface area contributed by atoms with E-state index in [-0.39, 0.29) is 11.3 Å². The van der Waals surface area contributed by atoms with Gasteiger partial charge >= 0.3 is 0 Å². The molecule has 1 aromatic rings. The molecule has 1 atom stereocenters. The number of benzene rings is 1. The van der Waals surface area contributed by atoms with Crippen LogP contribution < -0.4 is 4.74 Å². The van der Waals surface area contributed by atoms with Crippen molar-refractivity contribution in [2.24, 2.45) is 0 Å². The van der Waals surface area contributed by atoms with E-state index in [9.17, 15) is 24.9 Å². The molecule has 1 aliphatic carbocycles. The molecule has 124 valence electrons. The summed E-state index contributed by atoms with van der Waals surface area (Å²) in [5, 5.41) is 30.5. The van der Waals surface area contributed by atoms with Gasteiger partial charge in [0.1, 0.15) is 5.75 Å². The van der Waals surface area contributed by atoms with Crippen LogP contribution in [0.25, 0.3) is 0 Å². The molecule has 0 fully saturated rings. The minimum atomic E-state index is -1.26. The van der Waals surface area contributed by atoms with Crippen molar-refractivity contribution in [1.29, 1.82) is 0 Å². The number of hydrogen-bond acceptors (Lipinski definition) is 8. The maximum Gasteiger partial charge on any atom is 0.236 e. The van der Waals surface area contributed by atoms with Crippen LogP contribution in [0, 0.1) is 0 Å². The summed E-state index contributed by atoms with van der Waals surface area (Å²) in [5.74, 6) is -4.12. The van der Waals surface area contributed by atoms with Crippen molar-refractivity contribution in [3.05, 3.63) is 28.2 Å². The van der Waals surface area contributed by atoms with Crippen LogP contribution in [0.5, 0.6) is 17.2 Å². The lowest BCUT2D eigenvalue weighted by Gasteiger charge is -2.24. The first-order chi connectivity index (χ1) is 10.8. The smallest absolute Gasteiger partial charge is 0.236 e. The first-order valence-corrected chi connectivity index (χ1v) is 6.57. The van der Waals surface area contributed by atoms with E-state index in [4.69, 9.17) is 14.2 Å². The molecule has 0 aliphatic heterocycles. The summed E-state index contributed by atoms with van der Waals surface area (Å²) in [7, 11) is 3.53. The molecule has 2 rings (SSSR count). The lowest BCUT2D eigenvalue weighted by atomic mass is 9.87. The number of aromatic hydroxyl groups is 2. The lowest BCUT2D eigenvalue weighted by Crippen LogP contribution is -2.25. The molecule has 1 aromatic carbocycles. The minimum Gasteiger partial charge on any atom is -0.507 e. The van der Waals surface area contributed by atoms with Crippen molar-refractivity contribution in [2.45, 2.75) is 13.0 Å². The molecule has 0 bridgehead atoms. The Hall–Kier alpha value is -2.74. The van der Waals surface area contributed by atoms with Gasteiger partial charge in [-0.2, -0.15) is 0 Å². The van der Waals surface area contributed by atoms with E-state index in [1.165, 1.54) is 28.3 Å². The summed E-state index contributed by atoms with van der Waals surface area (Å²) in [6.45, 7) is 1.31. The number of hydrogen-bond donors (Lipinski definition) is 3. The van der Waals surface area contributed by atoms with Crippen molar-refractivity contribution in [1.82, 2.24) is 0 Å². The Balaban J connectivity index is 2.94. The maximum absolute atomic E-state index is 12.5. The fourth-order valence-electron chi connectivity index (χ4n) is 2.56. The molecule has 0 radical (unpaired) electrons. The largest absolute Gasteiger partial charge is 0.507 e. The average molecular weight is 324 g/mol. The third-order valence-corrected chi connectivity index (χ3v) is 3.54. The number of aliphatic hydroxyl groups is 1. The van der Waals surface area contributed by atoms with Gasteiger partial charge in [-0.15, -0.1) is 0 Å². The van der Waals surface area contributed by atoms with Gasteiger partial charge in [0.25, 0.3) is 0 Å². The zero-order valence-electron chi connectivity index (χ0n) is 13.0. The molecule has 1 aliphatic rings. The molecule has 0 spiro atoms. The monoisotopic (exact) mass is 324 g/mol. The van der Waals surface area contributed by atoms with E-state index < -0.39 is 51.8 Å². The van der Waals surface area contributed by atoms with Gasteiger partial charge in [-0.3, -0.25) is 9.59 Å². The number of carbonyl (C=O) groups excluding carboxylic acids is 2. The highest BCUT2D eigenvalue weighted by atomic mass is 16.5. The first kappa shape index (κ1) is 16.6. The van der Waals surface area contributed by atoms with Gasteiger partial charge in [0, 0.05) is 0 Å². The zero-order valence-corrected chi connectivity index (χ0v) is 13.0. The molecular formula is C15H16O8. The Kier molecular flexibility index (Phi) is 4.20. The Morgan fingerprint density at radius 2 is 1.26 bits per heavy atom. The number of aliphatic hydroxyl groups excluding tert-OH is 1. The topological polar surface area (TPSA) is 123 Å². The molecule has 0 saturated heterocycles. The molecule has 8 nitrogen and oxygen atoms in total. The Labute approximate surface area is 131 Å². The third kappa shape index (κ3) is 2.18. The van der Waals surface area contributed by atoms with Crippen LogP contribution in [0.15, 0.2) is 11.5 Å². The molecule has 0 saturated carbocycles. The number of fused-ring (bicyclic) bond motifs is 1. The highest BCUT2D eigenvalue weighted by Crippen LogP contribution is 2.48. The van der Waals surface area contributed by atoms with Gasteiger partial charge in [-0.05, 0) is 6.92 Å². The number of rotatable bonds is 4. The normalized spacial score (nSPS) is 15.3. The molecule has 1 unspecified atom stereocenters. The van der Waals surface area contributed by atoms with Crippen LogP contribution in [0.2, 0.25) is 0 Å². The summed E-state index contributed by atoms with van der Waals surface area (Å²) >= 11 is 0. The number of phenols is 2. The lowest BCUT2D eigenvalue weighted by molar-refractivity contribution is 0.0822. The van der Waals surface area contributed by atoms with Crippen molar-refractivity contribution in [3.8, 4) is 17.2 Å². The Morgan fingerprint density at radius 3 is 1.61 bits per heavy atom. The third-order valence-electron chi connectivity index (χ3n) is 3.54. The number of phenolic OH excluding ortho intramolecular Hbond substituents is 2. The van der Waals surface area contributed by atoms with E-state index in [1.54, 1.807) is 0 Å². The second kappa shape index (κ2) is 5.81. The number of carbonyl (C=O) groups is 2. The van der Waals surface area contributed by atoms with Gasteiger partial charge in [0.15, 0.2) is 11.5 Å². The Bertz CT molecular complexity index is 730. The fourth-order valence-corrected chi connectivity index (χ4v) is 2.56. The van der Waals surface area contributed by atoms with E-state index >= 15 is 0 Å². The van der Waals surface area contributed by atoms with Crippen molar-refractivity contribution in [2.75, 3.05) is 21.3 Å². The van der Waals surface area contributed by atoms with Gasteiger partial charge < -0.3 is 29.5 Å². The summed E-state index contributed by atoms with van der Waals surface area (Å²) < 4.78 is 14.7.